The minimum Gasteiger partial charge on any atom is -0.497 e. The van der Waals surface area contributed by atoms with Gasteiger partial charge in [0.2, 0.25) is 4.80 Å². The van der Waals surface area contributed by atoms with E-state index in [0.717, 1.165) is 27.4 Å². The van der Waals surface area contributed by atoms with Gasteiger partial charge in [-0.05, 0) is 54.9 Å². The Morgan fingerprint density at radius 3 is 2.54 bits per heavy atom. The van der Waals surface area contributed by atoms with Crippen LogP contribution in [0.2, 0.25) is 0 Å². The van der Waals surface area contributed by atoms with Crippen molar-refractivity contribution in [2.75, 3.05) is 7.11 Å². The second-order valence-electron chi connectivity index (χ2n) is 5.47. The fourth-order valence-corrected chi connectivity index (χ4v) is 3.73. The summed E-state index contributed by atoms with van der Waals surface area (Å²) in [7, 11) is 1.67. The average Bonchev–Trinajstić information content (AvgIpc) is 3.22. The van der Waals surface area contributed by atoms with Gasteiger partial charge in [-0.1, -0.05) is 0 Å². The van der Waals surface area contributed by atoms with E-state index >= 15 is 0 Å². The first-order valence-electron chi connectivity index (χ1n) is 7.62. The summed E-state index contributed by atoms with van der Waals surface area (Å²) in [6.45, 7) is 4.14. The topological polar surface area (TPSA) is 38.9 Å². The maximum absolute atomic E-state index is 5.24. The normalized spacial score (nSPS) is 12.4. The van der Waals surface area contributed by atoms with Gasteiger partial charge in [-0.2, -0.15) is 16.4 Å². The number of thiazole rings is 1. The third-order valence-corrected chi connectivity index (χ3v) is 4.84. The molecule has 124 valence electrons. The standard InChI is InChI=1S/C18H19N3OS2/c1-13(2)20-18-21(19-10-14-8-9-23-11-14)17(12-24-18)15-4-6-16(22-3)7-5-15/h4-13H,1-3H3. The molecule has 0 fully saturated rings. The lowest BCUT2D eigenvalue weighted by Gasteiger charge is -2.05. The molecule has 6 heteroatoms. The molecule has 0 amide bonds. The highest BCUT2D eigenvalue weighted by atomic mass is 32.1. The fourth-order valence-electron chi connectivity index (χ4n) is 2.15. The number of nitrogens with zero attached hydrogens (tertiary/aromatic N) is 3. The number of benzene rings is 1. The summed E-state index contributed by atoms with van der Waals surface area (Å²) in [5.74, 6) is 0.842. The first-order valence-corrected chi connectivity index (χ1v) is 9.45. The first-order chi connectivity index (χ1) is 11.7. The highest BCUT2D eigenvalue weighted by molar-refractivity contribution is 7.08. The summed E-state index contributed by atoms with van der Waals surface area (Å²) >= 11 is 3.26. The Kier molecular flexibility index (Phi) is 5.27. The third-order valence-electron chi connectivity index (χ3n) is 3.31. The molecule has 0 radical (unpaired) electrons. The molecular formula is C18H19N3OS2. The van der Waals surface area contributed by atoms with Gasteiger partial charge in [0.15, 0.2) is 0 Å². The van der Waals surface area contributed by atoms with Crippen molar-refractivity contribution in [1.82, 2.24) is 4.68 Å². The summed E-state index contributed by atoms with van der Waals surface area (Å²) in [5.41, 5.74) is 3.20. The van der Waals surface area contributed by atoms with Crippen molar-refractivity contribution in [2.45, 2.75) is 19.9 Å². The molecule has 0 unspecified atom stereocenters. The zero-order valence-corrected chi connectivity index (χ0v) is 15.5. The lowest BCUT2D eigenvalue weighted by molar-refractivity contribution is 0.415. The number of aromatic nitrogens is 1. The third kappa shape index (κ3) is 3.83. The molecule has 0 aliphatic rings. The molecule has 0 saturated heterocycles. The molecule has 0 bridgehead atoms. The zero-order chi connectivity index (χ0) is 16.9. The van der Waals surface area contributed by atoms with Gasteiger partial charge in [0.25, 0.3) is 0 Å². The van der Waals surface area contributed by atoms with Gasteiger partial charge in [0.05, 0.1) is 19.0 Å². The summed E-state index contributed by atoms with van der Waals surface area (Å²) in [4.78, 5) is 5.58. The molecule has 2 aromatic heterocycles. The smallest absolute Gasteiger partial charge is 0.206 e. The van der Waals surface area contributed by atoms with E-state index < -0.39 is 0 Å². The molecule has 3 rings (SSSR count). The van der Waals surface area contributed by atoms with Crippen molar-refractivity contribution in [3.8, 4) is 17.0 Å². The number of ether oxygens (including phenoxy) is 1. The van der Waals surface area contributed by atoms with Crippen LogP contribution in [0.4, 0.5) is 0 Å². The molecule has 3 aromatic rings. The van der Waals surface area contributed by atoms with Crippen LogP contribution < -0.4 is 9.54 Å². The molecule has 2 heterocycles. The molecule has 24 heavy (non-hydrogen) atoms. The van der Waals surface area contributed by atoms with Crippen LogP contribution >= 0.6 is 22.7 Å². The van der Waals surface area contributed by atoms with Crippen LogP contribution in [-0.2, 0) is 0 Å². The number of rotatable bonds is 5. The quantitative estimate of drug-likeness (QED) is 0.621. The molecule has 1 aromatic carbocycles. The first kappa shape index (κ1) is 16.7. The molecule has 0 atom stereocenters. The Morgan fingerprint density at radius 1 is 1.12 bits per heavy atom. The van der Waals surface area contributed by atoms with E-state index in [1.54, 1.807) is 29.8 Å². The van der Waals surface area contributed by atoms with Crippen molar-refractivity contribution >= 4 is 28.9 Å². The monoisotopic (exact) mass is 357 g/mol. The van der Waals surface area contributed by atoms with Crippen LogP contribution in [0.1, 0.15) is 19.4 Å². The highest BCUT2D eigenvalue weighted by Crippen LogP contribution is 2.23. The average molecular weight is 358 g/mol. The maximum atomic E-state index is 5.24. The highest BCUT2D eigenvalue weighted by Gasteiger charge is 2.08. The number of hydrogen-bond donors (Lipinski definition) is 0. The lowest BCUT2D eigenvalue weighted by Crippen LogP contribution is -2.14. The Labute approximate surface area is 149 Å². The summed E-state index contributed by atoms with van der Waals surface area (Å²) in [5, 5.41) is 10.9. The van der Waals surface area contributed by atoms with Crippen LogP contribution in [0.25, 0.3) is 11.3 Å². The van der Waals surface area contributed by atoms with Gasteiger partial charge >= 0.3 is 0 Å². The van der Waals surface area contributed by atoms with Crippen molar-refractivity contribution in [3.63, 3.8) is 0 Å². The van der Waals surface area contributed by atoms with Crippen molar-refractivity contribution in [1.29, 1.82) is 0 Å². The van der Waals surface area contributed by atoms with E-state index in [4.69, 9.17) is 4.74 Å². The lowest BCUT2D eigenvalue weighted by atomic mass is 10.2. The molecule has 0 aliphatic carbocycles. The number of methoxy groups -OCH3 is 1. The molecule has 0 N–H and O–H groups in total. The Morgan fingerprint density at radius 2 is 1.92 bits per heavy atom. The van der Waals surface area contributed by atoms with E-state index in [0.29, 0.717) is 0 Å². The summed E-state index contributed by atoms with van der Waals surface area (Å²) < 4.78 is 7.15. The minimum absolute atomic E-state index is 0.218. The van der Waals surface area contributed by atoms with Crippen LogP contribution in [0.3, 0.4) is 0 Å². The summed E-state index contributed by atoms with van der Waals surface area (Å²) in [6, 6.07) is 10.3. The largest absolute Gasteiger partial charge is 0.497 e. The number of hydrogen-bond acceptors (Lipinski definition) is 5. The van der Waals surface area contributed by atoms with Crippen LogP contribution in [0.15, 0.2) is 56.6 Å². The second-order valence-corrected chi connectivity index (χ2v) is 7.08. The van der Waals surface area contributed by atoms with Crippen molar-refractivity contribution in [3.05, 3.63) is 56.8 Å². The number of thiophene rings is 1. The SMILES string of the molecule is COc1ccc(-c2csc(=NC(C)C)n2N=Cc2ccsc2)cc1. The van der Waals surface area contributed by atoms with Gasteiger partial charge in [-0.15, -0.1) is 11.3 Å². The molecule has 0 saturated carbocycles. The zero-order valence-electron chi connectivity index (χ0n) is 13.8. The van der Waals surface area contributed by atoms with Gasteiger partial charge in [-0.3, -0.25) is 4.99 Å². The predicted octanol–water partition coefficient (Wildman–Crippen LogP) is 4.48. The van der Waals surface area contributed by atoms with Crippen LogP contribution in [-0.4, -0.2) is 24.0 Å². The predicted molar refractivity (Wildman–Crippen MR) is 102 cm³/mol. The molecule has 0 spiro atoms. The fraction of sp³-hybridized carbons (Fsp3) is 0.222. The Hall–Kier alpha value is -2.18. The Bertz CT molecular complexity index is 872. The van der Waals surface area contributed by atoms with Gasteiger partial charge < -0.3 is 4.74 Å². The molecular weight excluding hydrogens is 338 g/mol. The second kappa shape index (κ2) is 7.59. The van der Waals surface area contributed by atoms with E-state index in [2.05, 4.69) is 34.7 Å². The van der Waals surface area contributed by atoms with Crippen LogP contribution in [0.5, 0.6) is 5.75 Å². The van der Waals surface area contributed by atoms with E-state index in [-0.39, 0.29) is 6.04 Å². The molecule has 0 aliphatic heterocycles. The van der Waals surface area contributed by atoms with Crippen molar-refractivity contribution < 1.29 is 4.74 Å². The molecule has 4 nitrogen and oxygen atoms in total. The minimum atomic E-state index is 0.218. The van der Waals surface area contributed by atoms with E-state index in [1.165, 1.54) is 0 Å². The van der Waals surface area contributed by atoms with Crippen molar-refractivity contribution in [2.24, 2.45) is 10.1 Å². The Balaban J connectivity index is 2.06. The summed E-state index contributed by atoms with van der Waals surface area (Å²) in [6.07, 6.45) is 1.87. The van der Waals surface area contributed by atoms with Gasteiger partial charge in [0, 0.05) is 22.5 Å². The van der Waals surface area contributed by atoms with Gasteiger partial charge in [-0.25, -0.2) is 4.68 Å². The van der Waals surface area contributed by atoms with E-state index in [1.807, 2.05) is 46.6 Å². The maximum Gasteiger partial charge on any atom is 0.206 e. The van der Waals surface area contributed by atoms with Gasteiger partial charge in [0.1, 0.15) is 5.75 Å². The van der Waals surface area contributed by atoms with E-state index in [9.17, 15) is 0 Å². The van der Waals surface area contributed by atoms with Crippen LogP contribution in [0, 0.1) is 0 Å².